The first-order valence-corrected chi connectivity index (χ1v) is 12.9. The largest absolute Gasteiger partial charge is 0.375 e. The van der Waals surface area contributed by atoms with E-state index in [0.29, 0.717) is 0 Å². The minimum Gasteiger partial charge on any atom is -0.375 e. The smallest absolute Gasteiger partial charge is 0.264 e. The molecule has 12 heteroatoms. The molecule has 2 aliphatic rings. The number of rotatable bonds is 8. The fourth-order valence-electron chi connectivity index (χ4n) is 3.56. The number of sulfone groups is 1. The highest BCUT2D eigenvalue weighted by Gasteiger charge is 2.67. The fraction of sp³-hybridized carbons (Fsp3) is 0.667. The van der Waals surface area contributed by atoms with E-state index in [1.807, 2.05) is 6.07 Å². The van der Waals surface area contributed by atoms with Crippen molar-refractivity contribution in [3.8, 4) is 0 Å². The minimum atomic E-state index is -4.12. The maximum absolute atomic E-state index is 12.2. The Bertz CT molecular complexity index is 960. The molecule has 10 nitrogen and oxygen atoms in total. The Labute approximate surface area is 176 Å². The van der Waals surface area contributed by atoms with Gasteiger partial charge in [0.15, 0.2) is 33.0 Å². The lowest BCUT2D eigenvalue weighted by atomic mass is 9.96. The van der Waals surface area contributed by atoms with Gasteiger partial charge in [0.25, 0.3) is 10.1 Å². The van der Waals surface area contributed by atoms with Crippen LogP contribution in [0.3, 0.4) is 0 Å². The molecule has 0 bridgehead atoms. The summed E-state index contributed by atoms with van der Waals surface area (Å²) in [6.45, 7) is 2.51. The van der Waals surface area contributed by atoms with Gasteiger partial charge in [0.2, 0.25) is 0 Å². The van der Waals surface area contributed by atoms with Crippen LogP contribution in [0.5, 0.6) is 0 Å². The molecule has 2 saturated heterocycles. The Morgan fingerprint density at radius 3 is 2.27 bits per heavy atom. The van der Waals surface area contributed by atoms with Crippen molar-refractivity contribution in [2.75, 3.05) is 19.1 Å². The zero-order valence-corrected chi connectivity index (χ0v) is 18.7. The van der Waals surface area contributed by atoms with Crippen LogP contribution in [-0.2, 0) is 49.7 Å². The van der Waals surface area contributed by atoms with E-state index in [2.05, 4.69) is 0 Å². The molecule has 1 N–H and O–H groups in total. The molecule has 170 valence electrons. The van der Waals surface area contributed by atoms with Gasteiger partial charge < -0.3 is 24.1 Å². The van der Waals surface area contributed by atoms with Crippen LogP contribution in [0.25, 0.3) is 0 Å². The number of aliphatic hydroxyl groups excluding tert-OH is 1. The molecule has 5 atom stereocenters. The van der Waals surface area contributed by atoms with Crippen LogP contribution in [0.4, 0.5) is 0 Å². The van der Waals surface area contributed by atoms with Crippen LogP contribution in [-0.4, -0.2) is 76.4 Å². The molecular formula is C18H26O10S2. The summed E-state index contributed by atoms with van der Waals surface area (Å²) in [4.78, 5) is 0. The van der Waals surface area contributed by atoms with Gasteiger partial charge in [-0.05, 0) is 19.4 Å². The SMILES string of the molecule is CC1(C)O[C@@H]2O[C@](COS(C)(=O)=O)(C(O)S(C)(=O)=O)[C@@H](OCc3ccccc3)[C@H]2O1. The van der Waals surface area contributed by atoms with E-state index in [-0.39, 0.29) is 6.61 Å². The highest BCUT2D eigenvalue weighted by atomic mass is 32.2. The molecule has 0 spiro atoms. The lowest BCUT2D eigenvalue weighted by molar-refractivity contribution is -0.261. The number of hydrogen-bond donors (Lipinski definition) is 1. The molecule has 0 aliphatic carbocycles. The summed E-state index contributed by atoms with van der Waals surface area (Å²) in [5, 5.41) is 10.7. The van der Waals surface area contributed by atoms with Crippen molar-refractivity contribution >= 4 is 20.0 Å². The zero-order chi connectivity index (χ0) is 22.4. The topological polar surface area (TPSA) is 135 Å². The molecule has 1 unspecified atom stereocenters. The van der Waals surface area contributed by atoms with Gasteiger partial charge in [0.1, 0.15) is 18.8 Å². The van der Waals surface area contributed by atoms with Gasteiger partial charge >= 0.3 is 0 Å². The quantitative estimate of drug-likeness (QED) is 0.528. The van der Waals surface area contributed by atoms with E-state index in [9.17, 15) is 21.9 Å². The highest BCUT2D eigenvalue weighted by molar-refractivity contribution is 7.91. The second-order valence-corrected chi connectivity index (χ2v) is 11.7. The third-order valence-electron chi connectivity index (χ3n) is 4.80. The molecular weight excluding hydrogens is 440 g/mol. The molecule has 0 amide bonds. The van der Waals surface area contributed by atoms with Gasteiger partial charge in [-0.1, -0.05) is 30.3 Å². The van der Waals surface area contributed by atoms with Crippen molar-refractivity contribution in [1.29, 1.82) is 0 Å². The minimum absolute atomic E-state index is 0.0268. The van der Waals surface area contributed by atoms with Crippen molar-refractivity contribution in [3.05, 3.63) is 35.9 Å². The van der Waals surface area contributed by atoms with E-state index in [0.717, 1.165) is 18.1 Å². The summed E-state index contributed by atoms with van der Waals surface area (Å²) in [6.07, 6.45) is -1.63. The summed E-state index contributed by atoms with van der Waals surface area (Å²) < 4.78 is 75.9. The van der Waals surface area contributed by atoms with Gasteiger partial charge in [0.05, 0.1) is 12.9 Å². The van der Waals surface area contributed by atoms with Crippen molar-refractivity contribution in [2.45, 2.75) is 55.8 Å². The monoisotopic (exact) mass is 466 g/mol. The fourth-order valence-corrected chi connectivity index (χ4v) is 4.94. The van der Waals surface area contributed by atoms with Crippen LogP contribution in [0, 0.1) is 0 Å². The predicted molar refractivity (Wildman–Crippen MR) is 104 cm³/mol. The Balaban J connectivity index is 1.99. The van der Waals surface area contributed by atoms with Crippen molar-refractivity contribution in [1.82, 2.24) is 0 Å². The third kappa shape index (κ3) is 5.02. The predicted octanol–water partition coefficient (Wildman–Crippen LogP) is 0.158. The van der Waals surface area contributed by atoms with E-state index in [4.69, 9.17) is 23.1 Å². The van der Waals surface area contributed by atoms with Crippen LogP contribution in [0.2, 0.25) is 0 Å². The van der Waals surface area contributed by atoms with E-state index in [1.54, 1.807) is 38.1 Å². The summed E-state index contributed by atoms with van der Waals surface area (Å²) in [6, 6.07) is 9.02. The first kappa shape index (κ1) is 23.5. The van der Waals surface area contributed by atoms with Gasteiger partial charge in [-0.3, -0.25) is 4.18 Å². The van der Waals surface area contributed by atoms with Crippen LogP contribution in [0.1, 0.15) is 19.4 Å². The molecule has 0 saturated carbocycles. The number of fused-ring (bicyclic) bond motifs is 1. The van der Waals surface area contributed by atoms with Crippen molar-refractivity contribution < 1.29 is 45.1 Å². The van der Waals surface area contributed by atoms with Gasteiger partial charge in [-0.25, -0.2) is 8.42 Å². The lowest BCUT2D eigenvalue weighted by Gasteiger charge is -2.38. The highest BCUT2D eigenvalue weighted by Crippen LogP contribution is 2.46. The molecule has 2 aliphatic heterocycles. The van der Waals surface area contributed by atoms with Crippen molar-refractivity contribution in [3.63, 3.8) is 0 Å². The standard InChI is InChI=1S/C18H26O10S2/c1-17(2)26-13-14(24-10-12-8-6-5-7-9-12)18(28-15(13)27-17,11-25-30(4,22)23)16(19)29(3,20)21/h5-9,13-16,19H,10-11H2,1-4H3/t13-,14+,15-,16?,18+/m1/s1. The molecule has 2 heterocycles. The number of aliphatic hydroxyl groups is 1. The molecule has 2 fully saturated rings. The molecule has 1 aromatic rings. The average Bonchev–Trinajstić information content (AvgIpc) is 3.06. The van der Waals surface area contributed by atoms with Gasteiger partial charge in [-0.2, -0.15) is 8.42 Å². The molecule has 1 aromatic carbocycles. The number of hydrogen-bond acceptors (Lipinski definition) is 10. The maximum Gasteiger partial charge on any atom is 0.264 e. The Hall–Kier alpha value is -1.12. The molecule has 30 heavy (non-hydrogen) atoms. The van der Waals surface area contributed by atoms with E-state index in [1.165, 1.54) is 0 Å². The Morgan fingerprint density at radius 2 is 1.70 bits per heavy atom. The van der Waals surface area contributed by atoms with Gasteiger partial charge in [-0.15, -0.1) is 0 Å². The second-order valence-electron chi connectivity index (χ2n) is 7.91. The van der Waals surface area contributed by atoms with Crippen LogP contribution < -0.4 is 0 Å². The van der Waals surface area contributed by atoms with Crippen LogP contribution in [0.15, 0.2) is 30.3 Å². The summed E-state index contributed by atoms with van der Waals surface area (Å²) in [5.74, 6) is -1.05. The lowest BCUT2D eigenvalue weighted by Crippen LogP contribution is -2.60. The van der Waals surface area contributed by atoms with E-state index < -0.39 is 61.9 Å². The zero-order valence-electron chi connectivity index (χ0n) is 17.0. The molecule has 0 radical (unpaired) electrons. The first-order chi connectivity index (χ1) is 13.7. The van der Waals surface area contributed by atoms with Crippen LogP contribution >= 0.6 is 0 Å². The molecule has 3 rings (SSSR count). The van der Waals surface area contributed by atoms with Gasteiger partial charge in [0, 0.05) is 6.26 Å². The second kappa shape index (κ2) is 8.10. The summed E-state index contributed by atoms with van der Waals surface area (Å²) >= 11 is 0. The first-order valence-electron chi connectivity index (χ1n) is 9.14. The summed E-state index contributed by atoms with van der Waals surface area (Å²) in [7, 11) is -8.11. The normalized spacial score (nSPS) is 32.1. The maximum atomic E-state index is 12.2. The molecule has 0 aromatic heterocycles. The Kier molecular flexibility index (Phi) is 6.35. The summed E-state index contributed by atoms with van der Waals surface area (Å²) in [5.41, 5.74) is -3.49. The third-order valence-corrected chi connectivity index (χ3v) is 6.55. The van der Waals surface area contributed by atoms with E-state index >= 15 is 0 Å². The number of ether oxygens (including phenoxy) is 4. The Morgan fingerprint density at radius 1 is 1.07 bits per heavy atom. The van der Waals surface area contributed by atoms with Crippen molar-refractivity contribution in [2.24, 2.45) is 0 Å². The average molecular weight is 467 g/mol. The number of benzene rings is 1.